The number of nitriles is 2. The number of hydrogen-bond acceptors (Lipinski definition) is 13. The Balaban J connectivity index is 1.44. The normalized spacial score (nSPS) is 16.1. The van der Waals surface area contributed by atoms with Crippen molar-refractivity contribution >= 4 is 31.5 Å². The van der Waals surface area contributed by atoms with Gasteiger partial charge in [0.05, 0.1) is 5.56 Å². The molecule has 1 heterocycles. The fraction of sp³-hybridized carbons (Fsp3) is 0. The summed E-state index contributed by atoms with van der Waals surface area (Å²) in [7, 11) is -12.5. The maximum absolute atomic E-state index is 10.4. The maximum atomic E-state index is 10.4. The van der Waals surface area contributed by atoms with Gasteiger partial charge >= 0.3 is 23.0 Å². The number of hydrogen-bond donors (Lipinski definition) is 0. The van der Waals surface area contributed by atoms with E-state index >= 15 is 0 Å². The van der Waals surface area contributed by atoms with Crippen molar-refractivity contribution in [3.63, 3.8) is 0 Å². The number of nitrogens with zero attached hydrogens (tertiary/aromatic N) is 6. The first-order chi connectivity index (χ1) is 30.0. The van der Waals surface area contributed by atoms with Crippen LogP contribution >= 0.6 is 31.5 Å². The summed E-state index contributed by atoms with van der Waals surface area (Å²) in [5, 5.41) is 20.5. The molecule has 0 saturated heterocycles. The van der Waals surface area contributed by atoms with Crippen molar-refractivity contribution in [3.05, 3.63) is 205 Å². The molecule has 8 rings (SSSR count). The van der Waals surface area contributed by atoms with Crippen LogP contribution in [-0.4, -0.2) is 0 Å². The topological polar surface area (TPSA) is 162 Å². The maximum Gasteiger partial charge on any atom is 0.460 e. The Morgan fingerprint density at radius 1 is 0.393 bits per heavy atom. The molecule has 0 aromatic heterocycles. The highest BCUT2D eigenvalue weighted by atomic mass is 31.3. The molecule has 300 valence electrons. The molecule has 17 heteroatoms. The van der Waals surface area contributed by atoms with Crippen molar-refractivity contribution in [1.82, 2.24) is 0 Å². The highest BCUT2D eigenvalue weighted by Gasteiger charge is 2.44. The second-order valence-electron chi connectivity index (χ2n) is 12.5. The molecule has 1 aliphatic heterocycles. The lowest BCUT2D eigenvalue weighted by molar-refractivity contribution is 0.426. The predicted molar refractivity (Wildman–Crippen MR) is 236 cm³/mol. The third-order valence-electron chi connectivity index (χ3n) is 8.13. The molecule has 0 radical (unpaired) electrons. The Bertz CT molecular complexity index is 2810. The van der Waals surface area contributed by atoms with E-state index in [0.717, 1.165) is 0 Å². The van der Waals surface area contributed by atoms with Crippen LogP contribution < -0.4 is 31.9 Å². The summed E-state index contributed by atoms with van der Waals surface area (Å²) in [4.78, 5) is 0. The molecule has 7 aromatic carbocycles. The Labute approximate surface area is 354 Å². The smallest absolute Gasteiger partial charge is 0.452 e. The van der Waals surface area contributed by atoms with Gasteiger partial charge in [0.1, 0.15) is 52.2 Å². The van der Waals surface area contributed by atoms with Crippen LogP contribution in [0.4, 0.5) is 0 Å². The molecule has 0 bridgehead atoms. The zero-order valence-corrected chi connectivity index (χ0v) is 35.4. The summed E-state index contributed by atoms with van der Waals surface area (Å²) in [6.07, 6.45) is 0. The third kappa shape index (κ3) is 10.2. The second kappa shape index (κ2) is 18.9. The monoisotopic (exact) mass is 880 g/mol. The molecule has 0 saturated carbocycles. The summed E-state index contributed by atoms with van der Waals surface area (Å²) in [5.74, 6) is 2.05. The minimum absolute atomic E-state index is 0.0212. The summed E-state index contributed by atoms with van der Waals surface area (Å²) in [6, 6.07) is 60.5. The van der Waals surface area contributed by atoms with Crippen LogP contribution in [0.3, 0.4) is 0 Å². The van der Waals surface area contributed by atoms with Gasteiger partial charge in [-0.2, -0.15) is 10.5 Å². The molecule has 1 aliphatic rings. The average Bonchev–Trinajstić information content (AvgIpc) is 3.28. The van der Waals surface area contributed by atoms with Gasteiger partial charge in [0.25, 0.3) is 0 Å². The lowest BCUT2D eigenvalue weighted by Crippen LogP contribution is -2.08. The van der Waals surface area contributed by atoms with E-state index in [1.807, 2.05) is 60.7 Å². The minimum Gasteiger partial charge on any atom is -0.452 e. The fourth-order valence-electron chi connectivity index (χ4n) is 5.50. The standard InChI is InChI=1S/C44H32N6O7P4/c45-33-35-31-32-43(44(42(35)34-46)51-36-19-7-1-8-20-36)57-60(54-39-25-13-4-14-26-39)48-58-47-59(52-37-21-9-2-10-22-37,53-38-23-11-3-12-24-38)49-61(50-60,55-40-27-15-5-16-28-40)56-41-29-17-6-18-30-41/h1-32H. The Morgan fingerprint density at radius 2 is 0.770 bits per heavy atom. The van der Waals surface area contributed by atoms with Crippen molar-refractivity contribution in [2.24, 2.45) is 18.1 Å². The highest BCUT2D eigenvalue weighted by Crippen LogP contribution is 2.74. The van der Waals surface area contributed by atoms with Gasteiger partial charge in [-0.15, -0.1) is 9.03 Å². The van der Waals surface area contributed by atoms with Gasteiger partial charge in [0, 0.05) is 0 Å². The van der Waals surface area contributed by atoms with Gasteiger partial charge in [-0.1, -0.05) is 118 Å². The SMILES string of the molecule is N#Cc1ccc(OP2(Oc3ccccc3)=NP=NP(Oc3ccccc3)(Oc3ccccc3)=NP(Oc3ccccc3)(Oc3ccccc3)=N2)c(Oc2ccccc2)c1C#N. The van der Waals surface area contributed by atoms with Gasteiger partial charge in [-0.25, -0.2) is 0 Å². The third-order valence-corrected chi connectivity index (χ3v) is 16.9. The molecule has 1 atom stereocenters. The molecule has 13 nitrogen and oxygen atoms in total. The largest absolute Gasteiger partial charge is 0.460 e. The molecule has 0 fully saturated rings. The van der Waals surface area contributed by atoms with E-state index < -0.39 is 23.0 Å². The van der Waals surface area contributed by atoms with Crippen LogP contribution in [0.15, 0.2) is 212 Å². The Kier molecular flexibility index (Phi) is 12.6. The van der Waals surface area contributed by atoms with Gasteiger partial charge in [-0.05, 0) is 84.9 Å². The van der Waals surface area contributed by atoms with Crippen LogP contribution in [0.2, 0.25) is 0 Å². The summed E-state index contributed by atoms with van der Waals surface area (Å²) >= 11 is 0. The van der Waals surface area contributed by atoms with Gasteiger partial charge < -0.3 is 31.9 Å². The molecule has 0 aliphatic carbocycles. The van der Waals surface area contributed by atoms with Crippen LogP contribution in [0.1, 0.15) is 11.1 Å². The Morgan fingerprint density at radius 3 is 1.18 bits per heavy atom. The van der Waals surface area contributed by atoms with E-state index in [4.69, 9.17) is 49.9 Å². The molecule has 61 heavy (non-hydrogen) atoms. The lowest BCUT2D eigenvalue weighted by Gasteiger charge is -2.29. The van der Waals surface area contributed by atoms with E-state index in [-0.39, 0.29) is 31.1 Å². The van der Waals surface area contributed by atoms with Crippen LogP contribution in [0, 0.1) is 22.7 Å². The van der Waals surface area contributed by atoms with Crippen molar-refractivity contribution in [3.8, 4) is 58.1 Å². The van der Waals surface area contributed by atoms with Crippen LogP contribution in [0.5, 0.6) is 46.0 Å². The molecule has 0 spiro atoms. The van der Waals surface area contributed by atoms with Crippen molar-refractivity contribution in [2.75, 3.05) is 0 Å². The van der Waals surface area contributed by atoms with E-state index in [9.17, 15) is 10.5 Å². The molecular formula is C44H32N6O7P4. The van der Waals surface area contributed by atoms with Gasteiger partial charge in [-0.3, -0.25) is 0 Å². The molecular weight excluding hydrogens is 848 g/mol. The van der Waals surface area contributed by atoms with Crippen molar-refractivity contribution in [1.29, 1.82) is 10.5 Å². The zero-order chi connectivity index (χ0) is 41.8. The van der Waals surface area contributed by atoms with E-state index in [0.29, 0.717) is 34.5 Å². The van der Waals surface area contributed by atoms with Crippen molar-refractivity contribution in [2.45, 2.75) is 0 Å². The molecule has 7 aromatic rings. The number of rotatable bonds is 14. The molecule has 0 N–H and O–H groups in total. The predicted octanol–water partition coefficient (Wildman–Crippen LogP) is 14.9. The average molecular weight is 881 g/mol. The number of ether oxygens (including phenoxy) is 1. The van der Waals surface area contributed by atoms with E-state index in [1.165, 1.54) is 12.1 Å². The van der Waals surface area contributed by atoms with Gasteiger partial charge in [0.15, 0.2) is 20.0 Å². The first-order valence-electron chi connectivity index (χ1n) is 18.4. The summed E-state index contributed by atoms with van der Waals surface area (Å²) in [6.45, 7) is 0. The minimum atomic E-state index is -4.31. The van der Waals surface area contributed by atoms with Crippen LogP contribution in [-0.2, 0) is 0 Å². The fourth-order valence-corrected chi connectivity index (χ4v) is 14.7. The van der Waals surface area contributed by atoms with Gasteiger partial charge in [0.2, 0.25) is 0 Å². The summed E-state index contributed by atoms with van der Waals surface area (Å²) in [5.41, 5.74) is -0.0283. The first kappa shape index (κ1) is 40.7. The zero-order valence-electron chi connectivity index (χ0n) is 31.8. The van der Waals surface area contributed by atoms with Crippen LogP contribution in [0.25, 0.3) is 0 Å². The number of para-hydroxylation sites is 6. The first-order valence-corrected chi connectivity index (χ1v) is 23.8. The molecule has 1 unspecified atom stereocenters. The lowest BCUT2D eigenvalue weighted by atomic mass is 10.1. The number of benzene rings is 7. The second-order valence-corrected chi connectivity index (χ2v) is 19.6. The molecule has 0 amide bonds. The van der Waals surface area contributed by atoms with Crippen molar-refractivity contribution < 1.29 is 31.9 Å². The highest BCUT2D eigenvalue weighted by molar-refractivity contribution is 7.75. The Hall–Kier alpha value is -7.09. The van der Waals surface area contributed by atoms with E-state index in [2.05, 4.69) is 12.1 Å². The summed E-state index contributed by atoms with van der Waals surface area (Å²) < 4.78 is 67.7. The van der Waals surface area contributed by atoms with E-state index in [1.54, 1.807) is 121 Å². The quantitative estimate of drug-likeness (QED) is 0.0968.